The number of fused-ring (bicyclic) bond motifs is 1. The van der Waals surface area contributed by atoms with E-state index in [0.717, 1.165) is 28.3 Å². The van der Waals surface area contributed by atoms with Crippen LogP contribution in [-0.4, -0.2) is 18.1 Å². The third kappa shape index (κ3) is 3.38. The quantitative estimate of drug-likeness (QED) is 0.574. The molecule has 134 valence electrons. The first-order valence-corrected chi connectivity index (χ1v) is 9.25. The van der Waals surface area contributed by atoms with E-state index in [9.17, 15) is 4.79 Å². The van der Waals surface area contributed by atoms with E-state index in [4.69, 9.17) is 21.3 Å². The summed E-state index contributed by atoms with van der Waals surface area (Å²) in [5.74, 6) is 0.447. The largest absolute Gasteiger partial charge is 0.494 e. The molecule has 0 amide bonds. The highest BCUT2D eigenvalue weighted by Crippen LogP contribution is 2.36. The van der Waals surface area contributed by atoms with E-state index in [2.05, 4.69) is 0 Å². The van der Waals surface area contributed by atoms with E-state index in [0.29, 0.717) is 17.2 Å². The zero-order valence-electron chi connectivity index (χ0n) is 14.9. The van der Waals surface area contributed by atoms with Gasteiger partial charge in [0.2, 0.25) is 0 Å². The van der Waals surface area contributed by atoms with Crippen LogP contribution in [0, 0.1) is 0 Å². The number of nitrogens with zero attached hydrogens (tertiary/aromatic N) is 1. The second-order valence-corrected chi connectivity index (χ2v) is 6.75. The van der Waals surface area contributed by atoms with E-state index < -0.39 is 5.92 Å². The number of ether oxygens (including phenoxy) is 1. The summed E-state index contributed by atoms with van der Waals surface area (Å²) >= 11 is 6.02. The van der Waals surface area contributed by atoms with Crippen molar-refractivity contribution < 1.29 is 9.53 Å². The molecule has 3 aromatic carbocycles. The first kappa shape index (κ1) is 17.5. The molecular weight excluding hydrogens is 358 g/mol. The van der Waals surface area contributed by atoms with Crippen molar-refractivity contribution in [1.82, 2.24) is 0 Å². The topological polar surface area (TPSA) is 38.7 Å². The van der Waals surface area contributed by atoms with Gasteiger partial charge < -0.3 is 4.74 Å². The van der Waals surface area contributed by atoms with Gasteiger partial charge in [-0.1, -0.05) is 48.0 Å². The number of carbonyl (C=O) groups is 1. The van der Waals surface area contributed by atoms with Gasteiger partial charge >= 0.3 is 0 Å². The number of ketones is 1. The standard InChI is InChI=1S/C23H18ClNO2/c1-2-27-18-13-11-17(12-14-18)25-22-19-5-3-4-6-20(19)23(26)21(22)15-7-9-16(24)10-8-15/h3-14,21H,2H2,1H3. The summed E-state index contributed by atoms with van der Waals surface area (Å²) in [6.45, 7) is 2.57. The number of Topliss-reactive ketones (excluding diaryl/α,β-unsaturated/α-hetero) is 1. The molecule has 1 unspecified atom stereocenters. The van der Waals surface area contributed by atoms with Crippen molar-refractivity contribution in [1.29, 1.82) is 0 Å². The van der Waals surface area contributed by atoms with Crippen molar-refractivity contribution in [3.05, 3.63) is 94.5 Å². The van der Waals surface area contributed by atoms with Gasteiger partial charge in [-0.2, -0.15) is 0 Å². The normalized spacial score (nSPS) is 17.2. The fourth-order valence-corrected chi connectivity index (χ4v) is 3.49. The minimum Gasteiger partial charge on any atom is -0.494 e. The summed E-state index contributed by atoms with van der Waals surface area (Å²) in [5, 5.41) is 0.645. The zero-order chi connectivity index (χ0) is 18.8. The Labute approximate surface area is 163 Å². The molecule has 0 radical (unpaired) electrons. The van der Waals surface area contributed by atoms with Gasteiger partial charge in [0.1, 0.15) is 5.75 Å². The lowest BCUT2D eigenvalue weighted by molar-refractivity contribution is 0.0988. The molecule has 4 heteroatoms. The molecule has 3 nitrogen and oxygen atoms in total. The fourth-order valence-electron chi connectivity index (χ4n) is 3.37. The summed E-state index contributed by atoms with van der Waals surface area (Å²) in [7, 11) is 0. The minimum absolute atomic E-state index is 0.0672. The van der Waals surface area contributed by atoms with Crippen LogP contribution in [0.3, 0.4) is 0 Å². The summed E-state index contributed by atoms with van der Waals surface area (Å²) in [6, 6.07) is 22.6. The second-order valence-electron chi connectivity index (χ2n) is 6.32. The molecule has 0 spiro atoms. The Morgan fingerprint density at radius 1 is 0.926 bits per heavy atom. The van der Waals surface area contributed by atoms with Crippen LogP contribution in [0.15, 0.2) is 77.8 Å². The molecule has 0 N–H and O–H groups in total. The molecule has 0 fully saturated rings. The summed E-state index contributed by atoms with van der Waals surface area (Å²) in [6.07, 6.45) is 0. The number of benzene rings is 3. The Bertz CT molecular complexity index is 1010. The van der Waals surface area contributed by atoms with Crippen LogP contribution in [-0.2, 0) is 0 Å². The van der Waals surface area contributed by atoms with Crippen LogP contribution >= 0.6 is 11.6 Å². The summed E-state index contributed by atoms with van der Waals surface area (Å²) in [5.41, 5.74) is 4.04. The average molecular weight is 376 g/mol. The molecule has 0 aliphatic heterocycles. The molecule has 1 aliphatic rings. The number of hydrogen-bond donors (Lipinski definition) is 0. The van der Waals surface area contributed by atoms with E-state index in [1.165, 1.54) is 0 Å². The highest BCUT2D eigenvalue weighted by Gasteiger charge is 2.37. The van der Waals surface area contributed by atoms with Gasteiger partial charge in [-0.25, -0.2) is 0 Å². The molecule has 1 aliphatic carbocycles. The maximum Gasteiger partial charge on any atom is 0.176 e. The molecule has 0 saturated heterocycles. The molecule has 27 heavy (non-hydrogen) atoms. The Hall–Kier alpha value is -2.91. The van der Waals surface area contributed by atoms with E-state index in [1.54, 1.807) is 0 Å². The lowest BCUT2D eigenvalue weighted by Gasteiger charge is -2.11. The molecule has 3 aromatic rings. The van der Waals surface area contributed by atoms with Crippen LogP contribution in [0.5, 0.6) is 5.75 Å². The van der Waals surface area contributed by atoms with Crippen LogP contribution in [0.2, 0.25) is 5.02 Å². The summed E-state index contributed by atoms with van der Waals surface area (Å²) in [4.78, 5) is 17.9. The highest BCUT2D eigenvalue weighted by molar-refractivity contribution is 6.32. The van der Waals surface area contributed by atoms with E-state index in [1.807, 2.05) is 79.7 Å². The van der Waals surface area contributed by atoms with Gasteiger partial charge in [-0.3, -0.25) is 9.79 Å². The molecular formula is C23H18ClNO2. The van der Waals surface area contributed by atoms with Crippen LogP contribution in [0.4, 0.5) is 5.69 Å². The van der Waals surface area contributed by atoms with Gasteiger partial charge in [-0.05, 0) is 48.9 Å². The first-order valence-electron chi connectivity index (χ1n) is 8.88. The average Bonchev–Trinajstić information content (AvgIpc) is 2.97. The fraction of sp³-hybridized carbons (Fsp3) is 0.130. The third-order valence-electron chi connectivity index (χ3n) is 4.60. The number of rotatable bonds is 4. The highest BCUT2D eigenvalue weighted by atomic mass is 35.5. The minimum atomic E-state index is -0.425. The molecule has 0 aromatic heterocycles. The molecule has 4 rings (SSSR count). The van der Waals surface area contributed by atoms with Gasteiger partial charge in [0.15, 0.2) is 5.78 Å². The molecule has 0 saturated carbocycles. The lowest BCUT2D eigenvalue weighted by Crippen LogP contribution is -2.13. The molecule has 0 heterocycles. The van der Waals surface area contributed by atoms with E-state index >= 15 is 0 Å². The van der Waals surface area contributed by atoms with Crippen molar-refractivity contribution in [2.75, 3.05) is 6.61 Å². The third-order valence-corrected chi connectivity index (χ3v) is 4.86. The van der Waals surface area contributed by atoms with Crippen molar-refractivity contribution in [2.24, 2.45) is 4.99 Å². The predicted octanol–water partition coefficient (Wildman–Crippen LogP) is 5.84. The predicted molar refractivity (Wildman–Crippen MR) is 109 cm³/mol. The van der Waals surface area contributed by atoms with Gasteiger partial charge in [0.05, 0.1) is 23.9 Å². The van der Waals surface area contributed by atoms with Crippen molar-refractivity contribution in [3.8, 4) is 5.75 Å². The zero-order valence-corrected chi connectivity index (χ0v) is 15.6. The van der Waals surface area contributed by atoms with Crippen LogP contribution in [0.1, 0.15) is 34.3 Å². The molecule has 1 atom stereocenters. The van der Waals surface area contributed by atoms with Crippen molar-refractivity contribution in [3.63, 3.8) is 0 Å². The first-order chi connectivity index (χ1) is 13.2. The maximum atomic E-state index is 13.1. The van der Waals surface area contributed by atoms with Crippen molar-refractivity contribution >= 4 is 28.8 Å². The van der Waals surface area contributed by atoms with Gasteiger partial charge in [0.25, 0.3) is 0 Å². The number of halogens is 1. The number of aliphatic imine (C=N–C) groups is 1. The molecule has 0 bridgehead atoms. The second kappa shape index (κ2) is 7.37. The Morgan fingerprint density at radius 2 is 1.59 bits per heavy atom. The van der Waals surface area contributed by atoms with E-state index in [-0.39, 0.29) is 5.78 Å². The Kier molecular flexibility index (Phi) is 4.78. The SMILES string of the molecule is CCOc1ccc(N=C2c3ccccc3C(=O)C2c2ccc(Cl)cc2)cc1. The number of carbonyl (C=O) groups excluding carboxylic acids is 1. The monoisotopic (exact) mass is 375 g/mol. The van der Waals surface area contributed by atoms with Crippen molar-refractivity contribution in [2.45, 2.75) is 12.8 Å². The maximum absolute atomic E-state index is 13.1. The Balaban J connectivity index is 1.80. The lowest BCUT2D eigenvalue weighted by atomic mass is 9.93. The van der Waals surface area contributed by atoms with Gasteiger partial charge in [0, 0.05) is 16.1 Å². The van der Waals surface area contributed by atoms with Crippen LogP contribution in [0.25, 0.3) is 0 Å². The smallest absolute Gasteiger partial charge is 0.176 e. The number of hydrogen-bond acceptors (Lipinski definition) is 3. The summed E-state index contributed by atoms with van der Waals surface area (Å²) < 4.78 is 5.49. The Morgan fingerprint density at radius 3 is 2.26 bits per heavy atom. The van der Waals surface area contributed by atoms with Crippen LogP contribution < -0.4 is 4.74 Å². The van der Waals surface area contributed by atoms with Gasteiger partial charge in [-0.15, -0.1) is 0 Å².